The van der Waals surface area contributed by atoms with Crippen LogP contribution in [0.4, 0.5) is 19.0 Å². The van der Waals surface area contributed by atoms with Crippen LogP contribution in [-0.2, 0) is 4.79 Å². The van der Waals surface area contributed by atoms with Crippen LogP contribution in [0.25, 0.3) is 0 Å². The molecular formula is C22H16F3N3O4S. The molecule has 0 bridgehead atoms. The van der Waals surface area contributed by atoms with E-state index in [-0.39, 0.29) is 29.5 Å². The van der Waals surface area contributed by atoms with Gasteiger partial charge in [0, 0.05) is 34.4 Å². The Kier molecular flexibility index (Phi) is 5.00. The molecule has 3 aromatic rings. The van der Waals surface area contributed by atoms with Crippen molar-refractivity contribution in [3.05, 3.63) is 89.9 Å². The van der Waals surface area contributed by atoms with Gasteiger partial charge < -0.3 is 10.1 Å². The Morgan fingerprint density at radius 1 is 1.00 bits per heavy atom. The maximum Gasteiger partial charge on any atom is 0.573 e. The molecule has 0 fully saturated rings. The van der Waals surface area contributed by atoms with Crippen molar-refractivity contribution in [1.82, 2.24) is 9.97 Å². The average molecular weight is 475 g/mol. The second-order valence-electron chi connectivity index (χ2n) is 7.81. The number of aromatic nitrogens is 2. The number of hydrogen-bond donors (Lipinski definition) is 3. The number of halogens is 3. The highest BCUT2D eigenvalue weighted by atomic mass is 32.1. The first-order valence-corrected chi connectivity index (χ1v) is 10.9. The number of aromatic amines is 2. The highest BCUT2D eigenvalue weighted by Crippen LogP contribution is 2.46. The summed E-state index contributed by atoms with van der Waals surface area (Å²) in [5.74, 6) is -1.32. The third-order valence-corrected chi connectivity index (χ3v) is 6.77. The Morgan fingerprint density at radius 2 is 1.76 bits per heavy atom. The number of hydrogen-bond acceptors (Lipinski definition) is 6. The van der Waals surface area contributed by atoms with Gasteiger partial charge in [-0.15, -0.1) is 24.5 Å². The van der Waals surface area contributed by atoms with Crippen LogP contribution in [0.1, 0.15) is 40.7 Å². The topological polar surface area (TPSA) is 104 Å². The molecule has 2 atom stereocenters. The first kappa shape index (κ1) is 21.3. The highest BCUT2D eigenvalue weighted by molar-refractivity contribution is 7.10. The molecule has 3 N–H and O–H groups in total. The molecule has 7 nitrogen and oxygen atoms in total. The number of alkyl halides is 3. The number of allylic oxidation sites excluding steroid dienone is 2. The summed E-state index contributed by atoms with van der Waals surface area (Å²) in [5.41, 5.74) is 0.124. The fourth-order valence-corrected chi connectivity index (χ4v) is 5.30. The van der Waals surface area contributed by atoms with E-state index < -0.39 is 29.3 Å². The molecule has 3 heterocycles. The molecule has 0 spiro atoms. The number of H-pyrrole nitrogens is 2. The van der Waals surface area contributed by atoms with Crippen LogP contribution in [0.3, 0.4) is 0 Å². The Hall–Kier alpha value is -3.60. The van der Waals surface area contributed by atoms with Crippen molar-refractivity contribution >= 4 is 22.9 Å². The summed E-state index contributed by atoms with van der Waals surface area (Å²) in [5, 5.41) is 4.99. The molecule has 0 saturated carbocycles. The van der Waals surface area contributed by atoms with E-state index in [9.17, 15) is 27.6 Å². The number of anilines is 1. The lowest BCUT2D eigenvalue weighted by Gasteiger charge is -2.35. The van der Waals surface area contributed by atoms with Gasteiger partial charge in [0.25, 0.3) is 5.56 Å². The van der Waals surface area contributed by atoms with Crippen LogP contribution in [0.2, 0.25) is 0 Å². The molecule has 0 amide bonds. The number of ketones is 1. The Balaban J connectivity index is 1.62. The first-order chi connectivity index (χ1) is 15.7. The van der Waals surface area contributed by atoms with Gasteiger partial charge in [0.05, 0.1) is 5.56 Å². The van der Waals surface area contributed by atoms with Crippen LogP contribution in [0.5, 0.6) is 5.75 Å². The normalized spacial score (nSPS) is 20.2. The van der Waals surface area contributed by atoms with Crippen molar-refractivity contribution in [3.8, 4) is 5.75 Å². The van der Waals surface area contributed by atoms with Crippen LogP contribution >= 0.6 is 11.3 Å². The summed E-state index contributed by atoms with van der Waals surface area (Å²) in [6, 6.07) is 8.89. The van der Waals surface area contributed by atoms with Crippen molar-refractivity contribution in [3.63, 3.8) is 0 Å². The summed E-state index contributed by atoms with van der Waals surface area (Å²) < 4.78 is 41.6. The largest absolute Gasteiger partial charge is 0.573 e. The zero-order chi connectivity index (χ0) is 23.3. The van der Waals surface area contributed by atoms with E-state index in [1.54, 1.807) is 11.3 Å². The number of ether oxygens (including phenoxy) is 1. The van der Waals surface area contributed by atoms with Gasteiger partial charge in [0.1, 0.15) is 11.6 Å². The minimum absolute atomic E-state index is 0.0535. The summed E-state index contributed by atoms with van der Waals surface area (Å²) in [6.45, 7) is 0. The van der Waals surface area contributed by atoms with Crippen LogP contribution in [0, 0.1) is 0 Å². The van der Waals surface area contributed by atoms with Crippen LogP contribution in [-0.4, -0.2) is 22.1 Å². The number of thiophene rings is 1. The zero-order valence-corrected chi connectivity index (χ0v) is 17.6. The lowest BCUT2D eigenvalue weighted by atomic mass is 9.73. The molecule has 1 aliphatic heterocycles. The van der Waals surface area contributed by atoms with E-state index in [1.807, 2.05) is 17.5 Å². The van der Waals surface area contributed by atoms with Crippen LogP contribution in [0.15, 0.2) is 62.6 Å². The standard InChI is InChI=1S/C22H16F3N3O4S/c23-22(24,25)32-12-5-3-10(4-6-12)16-17-13(26-19-18(16)20(30)28-21(31)27-19)8-11(9-14(17)29)15-2-1-7-33-15/h1-7,11,16H,8-9H2,(H3,26,27,28,30,31)/t11-,16-/m0/s1. The molecule has 5 rings (SSSR count). The Labute approximate surface area is 187 Å². The molecule has 33 heavy (non-hydrogen) atoms. The number of carbonyl (C=O) groups is 1. The van der Waals surface area contributed by atoms with E-state index in [4.69, 9.17) is 0 Å². The van der Waals surface area contributed by atoms with Gasteiger partial charge in [-0.3, -0.25) is 19.6 Å². The van der Waals surface area contributed by atoms with Crippen LogP contribution < -0.4 is 21.3 Å². The number of fused-ring (bicyclic) bond motifs is 1. The number of carbonyl (C=O) groups excluding carboxylic acids is 1. The van der Waals surface area contributed by atoms with Crippen molar-refractivity contribution < 1.29 is 22.7 Å². The van der Waals surface area contributed by atoms with Crippen molar-refractivity contribution in [1.29, 1.82) is 0 Å². The zero-order valence-electron chi connectivity index (χ0n) is 16.8. The van der Waals surface area contributed by atoms with E-state index in [0.29, 0.717) is 23.3 Å². The third kappa shape index (κ3) is 3.99. The second kappa shape index (κ2) is 7.77. The molecule has 0 radical (unpaired) electrons. The molecule has 170 valence electrons. The van der Waals surface area contributed by atoms with Gasteiger partial charge in [-0.2, -0.15) is 0 Å². The van der Waals surface area contributed by atoms with E-state index in [1.165, 1.54) is 12.1 Å². The number of nitrogens with one attached hydrogen (secondary N) is 3. The van der Waals surface area contributed by atoms with Gasteiger partial charge in [0.2, 0.25) is 0 Å². The maximum atomic E-state index is 13.3. The lowest BCUT2D eigenvalue weighted by molar-refractivity contribution is -0.274. The molecule has 11 heteroatoms. The predicted octanol–water partition coefficient (Wildman–Crippen LogP) is 3.98. The fraction of sp³-hybridized carbons (Fsp3) is 0.227. The molecule has 0 saturated heterocycles. The van der Waals surface area contributed by atoms with Gasteiger partial charge in [-0.05, 0) is 35.6 Å². The van der Waals surface area contributed by atoms with E-state index in [2.05, 4.69) is 20.0 Å². The Bertz CT molecular complexity index is 1370. The minimum atomic E-state index is -4.84. The van der Waals surface area contributed by atoms with Crippen molar-refractivity contribution in [2.75, 3.05) is 5.32 Å². The predicted molar refractivity (Wildman–Crippen MR) is 115 cm³/mol. The summed E-state index contributed by atoms with van der Waals surface area (Å²) in [4.78, 5) is 43.7. The molecular weight excluding hydrogens is 459 g/mol. The number of Topliss-reactive ketones (excluding diaryl/α,β-unsaturated/α-hetero) is 1. The van der Waals surface area contributed by atoms with E-state index in [0.717, 1.165) is 17.0 Å². The maximum absolute atomic E-state index is 13.3. The quantitative estimate of drug-likeness (QED) is 0.532. The average Bonchev–Trinajstić information content (AvgIpc) is 3.26. The van der Waals surface area contributed by atoms with Crippen molar-refractivity contribution in [2.24, 2.45) is 0 Å². The summed E-state index contributed by atoms with van der Waals surface area (Å²) >= 11 is 1.54. The minimum Gasteiger partial charge on any atom is -0.406 e. The summed E-state index contributed by atoms with van der Waals surface area (Å²) in [6.07, 6.45) is -4.11. The molecule has 2 aliphatic rings. The number of benzene rings is 1. The highest BCUT2D eigenvalue weighted by Gasteiger charge is 2.40. The first-order valence-electron chi connectivity index (χ1n) is 9.98. The monoisotopic (exact) mass is 475 g/mol. The van der Waals surface area contributed by atoms with Gasteiger partial charge >= 0.3 is 12.1 Å². The summed E-state index contributed by atoms with van der Waals surface area (Å²) in [7, 11) is 0. The van der Waals surface area contributed by atoms with Crippen molar-refractivity contribution in [2.45, 2.75) is 31.0 Å². The smallest absolute Gasteiger partial charge is 0.406 e. The third-order valence-electron chi connectivity index (χ3n) is 5.73. The molecule has 2 aromatic heterocycles. The van der Waals surface area contributed by atoms with Gasteiger partial charge in [-0.25, -0.2) is 4.79 Å². The van der Waals surface area contributed by atoms with E-state index >= 15 is 0 Å². The van der Waals surface area contributed by atoms with Gasteiger partial charge in [0.15, 0.2) is 5.78 Å². The second-order valence-corrected chi connectivity index (χ2v) is 8.79. The molecule has 1 aromatic carbocycles. The lowest BCUT2D eigenvalue weighted by Crippen LogP contribution is -2.37. The van der Waals surface area contributed by atoms with Gasteiger partial charge in [-0.1, -0.05) is 18.2 Å². The number of rotatable bonds is 3. The Morgan fingerprint density at radius 3 is 2.42 bits per heavy atom. The molecule has 1 aliphatic carbocycles. The fourth-order valence-electron chi connectivity index (χ4n) is 4.47. The SMILES string of the molecule is O=C1C[C@@H](c2cccs2)CC2=C1[C@H](c1ccc(OC(F)(F)F)cc1)c1c([nH]c(=O)[nH]c1=O)N2. The molecule has 0 unspecified atom stereocenters.